The third kappa shape index (κ3) is 19.6. The van der Waals surface area contributed by atoms with Crippen LogP contribution < -0.4 is 11.1 Å². The fraction of sp³-hybridized carbons (Fsp3) is 0.905. The predicted octanol–water partition coefficient (Wildman–Crippen LogP) is 5.96. The summed E-state index contributed by atoms with van der Waals surface area (Å²) in [6, 6.07) is 0.391. The number of hydrogen-bond donors (Lipinski definition) is 2. The van der Waals surface area contributed by atoms with E-state index < -0.39 is 0 Å². The molecule has 0 aliphatic carbocycles. The van der Waals surface area contributed by atoms with Gasteiger partial charge in [-0.2, -0.15) is 0 Å². The molecule has 0 bridgehead atoms. The maximum absolute atomic E-state index is 6.14. The Balaban J connectivity index is 3.18. The van der Waals surface area contributed by atoms with E-state index in [2.05, 4.69) is 31.3 Å². The molecule has 0 aromatic rings. The van der Waals surface area contributed by atoms with E-state index in [1.54, 1.807) is 0 Å². The number of nitrogens with one attached hydrogen (secondary N) is 1. The molecule has 0 heterocycles. The lowest BCUT2D eigenvalue weighted by atomic mass is 10.0. The van der Waals surface area contributed by atoms with E-state index in [1.807, 2.05) is 0 Å². The molecule has 0 amide bonds. The number of unbranched alkanes of at least 4 members (excludes halogenated alkanes) is 9. The number of rotatable bonds is 18. The van der Waals surface area contributed by atoms with Crippen molar-refractivity contribution in [3.63, 3.8) is 0 Å². The third-order valence-corrected chi connectivity index (χ3v) is 4.46. The summed E-state index contributed by atoms with van der Waals surface area (Å²) >= 11 is 0. The molecule has 23 heavy (non-hydrogen) atoms. The number of nitrogens with two attached hydrogens (primary N) is 1. The summed E-state index contributed by atoms with van der Waals surface area (Å²) in [7, 11) is 0. The van der Waals surface area contributed by atoms with Gasteiger partial charge >= 0.3 is 0 Å². The summed E-state index contributed by atoms with van der Waals surface area (Å²) in [4.78, 5) is 0. The highest BCUT2D eigenvalue weighted by molar-refractivity contribution is 4.81. The summed E-state index contributed by atoms with van der Waals surface area (Å²) in [6.45, 7) is 6.68. The van der Waals surface area contributed by atoms with Crippen molar-refractivity contribution in [2.45, 2.75) is 110 Å². The van der Waals surface area contributed by atoms with Gasteiger partial charge in [0.1, 0.15) is 0 Å². The summed E-state index contributed by atoms with van der Waals surface area (Å²) in [5.41, 5.74) is 6.14. The first-order valence-corrected chi connectivity index (χ1v) is 10.4. The van der Waals surface area contributed by atoms with Crippen LogP contribution in [0.25, 0.3) is 0 Å². The first-order valence-electron chi connectivity index (χ1n) is 10.4. The summed E-state index contributed by atoms with van der Waals surface area (Å²) < 4.78 is 0. The second-order valence-electron chi connectivity index (χ2n) is 6.96. The summed E-state index contributed by atoms with van der Waals surface area (Å²) in [5, 5.41) is 3.43. The van der Waals surface area contributed by atoms with Crippen molar-refractivity contribution in [1.29, 1.82) is 0 Å². The normalized spacial score (nSPS) is 13.0. The lowest BCUT2D eigenvalue weighted by molar-refractivity contribution is 0.503. The smallest absolute Gasteiger partial charge is 0.00509 e. The minimum absolute atomic E-state index is 0.391. The molecule has 2 heteroatoms. The van der Waals surface area contributed by atoms with E-state index in [-0.39, 0.29) is 0 Å². The molecule has 0 saturated heterocycles. The third-order valence-electron chi connectivity index (χ3n) is 4.46. The lowest BCUT2D eigenvalue weighted by Gasteiger charge is -2.11. The fourth-order valence-corrected chi connectivity index (χ4v) is 2.86. The topological polar surface area (TPSA) is 38.0 Å². The molecule has 0 aliphatic rings. The van der Waals surface area contributed by atoms with Gasteiger partial charge in [0.05, 0.1) is 0 Å². The molecular formula is C21H44N2. The zero-order valence-electron chi connectivity index (χ0n) is 16.1. The fourth-order valence-electron chi connectivity index (χ4n) is 2.86. The quantitative estimate of drug-likeness (QED) is 0.241. The minimum atomic E-state index is 0.391. The second-order valence-corrected chi connectivity index (χ2v) is 6.96. The standard InChI is InChI=1S/C21H44N2/c1-3-5-6-7-8-9-10-11-12-13-14-15-16-17-21(22)18-20-23-19-4-2/h11-12,21,23H,3-10,13-20,22H2,1-2H3/b12-11-. The molecule has 0 aliphatic heterocycles. The van der Waals surface area contributed by atoms with Crippen LogP contribution in [0.1, 0.15) is 104 Å². The number of allylic oxidation sites excluding steroid dienone is 2. The zero-order valence-corrected chi connectivity index (χ0v) is 16.1. The molecule has 0 rings (SSSR count). The Labute approximate surface area is 146 Å². The molecule has 1 unspecified atom stereocenters. The molecule has 0 radical (unpaired) electrons. The van der Waals surface area contributed by atoms with Crippen molar-refractivity contribution in [2.24, 2.45) is 5.73 Å². The van der Waals surface area contributed by atoms with Gasteiger partial charge in [0.2, 0.25) is 0 Å². The Morgan fingerprint density at radius 3 is 1.96 bits per heavy atom. The molecular weight excluding hydrogens is 280 g/mol. The van der Waals surface area contributed by atoms with Gasteiger partial charge < -0.3 is 11.1 Å². The zero-order chi connectivity index (χ0) is 17.0. The van der Waals surface area contributed by atoms with Gasteiger partial charge in [-0.3, -0.25) is 0 Å². The van der Waals surface area contributed by atoms with Crippen LogP contribution in [0.15, 0.2) is 12.2 Å². The summed E-state index contributed by atoms with van der Waals surface area (Å²) in [6.07, 6.45) is 23.2. The lowest BCUT2D eigenvalue weighted by Crippen LogP contribution is -2.26. The molecule has 0 saturated carbocycles. The van der Waals surface area contributed by atoms with Crippen molar-refractivity contribution in [3.05, 3.63) is 12.2 Å². The molecule has 0 aromatic heterocycles. The highest BCUT2D eigenvalue weighted by atomic mass is 14.8. The Bertz CT molecular complexity index is 238. The van der Waals surface area contributed by atoms with Crippen LogP contribution >= 0.6 is 0 Å². The maximum Gasteiger partial charge on any atom is 0.00509 e. The van der Waals surface area contributed by atoms with Gasteiger partial charge in [-0.25, -0.2) is 0 Å². The molecule has 3 N–H and O–H groups in total. The minimum Gasteiger partial charge on any atom is -0.328 e. The van der Waals surface area contributed by atoms with Crippen LogP contribution in [0, 0.1) is 0 Å². The Hall–Kier alpha value is -0.340. The van der Waals surface area contributed by atoms with E-state index in [1.165, 1.54) is 83.5 Å². The molecule has 1 atom stereocenters. The first-order chi connectivity index (χ1) is 11.3. The van der Waals surface area contributed by atoms with Crippen LogP contribution in [-0.4, -0.2) is 19.1 Å². The average molecular weight is 325 g/mol. The molecule has 138 valence electrons. The molecule has 0 spiro atoms. The predicted molar refractivity (Wildman–Crippen MR) is 106 cm³/mol. The van der Waals surface area contributed by atoms with Gasteiger partial charge in [0, 0.05) is 6.04 Å². The summed E-state index contributed by atoms with van der Waals surface area (Å²) in [5.74, 6) is 0. The van der Waals surface area contributed by atoms with Crippen molar-refractivity contribution < 1.29 is 0 Å². The monoisotopic (exact) mass is 324 g/mol. The van der Waals surface area contributed by atoms with E-state index >= 15 is 0 Å². The van der Waals surface area contributed by atoms with Crippen molar-refractivity contribution in [1.82, 2.24) is 5.32 Å². The largest absolute Gasteiger partial charge is 0.328 e. The van der Waals surface area contributed by atoms with Gasteiger partial charge in [0.25, 0.3) is 0 Å². The van der Waals surface area contributed by atoms with Crippen molar-refractivity contribution in [3.8, 4) is 0 Å². The maximum atomic E-state index is 6.14. The highest BCUT2D eigenvalue weighted by Crippen LogP contribution is 2.09. The van der Waals surface area contributed by atoms with E-state index in [0.29, 0.717) is 6.04 Å². The Morgan fingerprint density at radius 1 is 0.696 bits per heavy atom. The Kier molecular flexibility index (Phi) is 19.4. The van der Waals surface area contributed by atoms with Crippen LogP contribution in [0.3, 0.4) is 0 Å². The number of hydrogen-bond acceptors (Lipinski definition) is 2. The van der Waals surface area contributed by atoms with Crippen LogP contribution in [0.4, 0.5) is 0 Å². The van der Waals surface area contributed by atoms with E-state index in [9.17, 15) is 0 Å². The average Bonchev–Trinajstić information content (AvgIpc) is 2.56. The first kappa shape index (κ1) is 22.7. The molecule has 2 nitrogen and oxygen atoms in total. The van der Waals surface area contributed by atoms with Crippen molar-refractivity contribution >= 4 is 0 Å². The van der Waals surface area contributed by atoms with Crippen molar-refractivity contribution in [2.75, 3.05) is 13.1 Å². The second kappa shape index (κ2) is 19.7. The molecule has 0 aromatic carbocycles. The SMILES string of the molecule is CCCCCCCC/C=C\CCCCCC(N)CCNCCC. The molecule has 0 fully saturated rings. The van der Waals surface area contributed by atoms with Crippen LogP contribution in [0.5, 0.6) is 0 Å². The van der Waals surface area contributed by atoms with Gasteiger partial charge in [-0.1, -0.05) is 70.9 Å². The van der Waals surface area contributed by atoms with Gasteiger partial charge in [-0.15, -0.1) is 0 Å². The van der Waals surface area contributed by atoms with Gasteiger partial charge in [-0.05, 0) is 58.0 Å². The van der Waals surface area contributed by atoms with Crippen LogP contribution in [0.2, 0.25) is 0 Å². The Morgan fingerprint density at radius 2 is 1.30 bits per heavy atom. The van der Waals surface area contributed by atoms with E-state index in [4.69, 9.17) is 5.73 Å². The van der Waals surface area contributed by atoms with Gasteiger partial charge in [0.15, 0.2) is 0 Å². The van der Waals surface area contributed by atoms with E-state index in [0.717, 1.165) is 19.5 Å². The highest BCUT2D eigenvalue weighted by Gasteiger charge is 2.01. The van der Waals surface area contributed by atoms with Crippen LogP contribution in [-0.2, 0) is 0 Å².